The molecule has 1 saturated carbocycles. The molecular formula is C17H27N3O2. The summed E-state index contributed by atoms with van der Waals surface area (Å²) < 4.78 is 10.8. The third-order valence-corrected chi connectivity index (χ3v) is 3.89. The Hall–Kier alpha value is -1.91. The van der Waals surface area contributed by atoms with Crippen LogP contribution in [-0.4, -0.2) is 39.3 Å². The van der Waals surface area contributed by atoms with Gasteiger partial charge >= 0.3 is 0 Å². The number of ether oxygens (including phenoxy) is 2. The summed E-state index contributed by atoms with van der Waals surface area (Å²) in [4.78, 5) is 4.27. The minimum atomic E-state index is 0.558. The minimum absolute atomic E-state index is 0.558. The average Bonchev–Trinajstić information content (AvgIpc) is 2.59. The molecule has 1 aliphatic carbocycles. The van der Waals surface area contributed by atoms with Gasteiger partial charge in [-0.1, -0.05) is 19.3 Å². The van der Waals surface area contributed by atoms with Crippen molar-refractivity contribution >= 4 is 5.96 Å². The zero-order valence-electron chi connectivity index (χ0n) is 13.6. The first kappa shape index (κ1) is 16.5. The number of benzene rings is 1. The Morgan fingerprint density at radius 3 is 2.45 bits per heavy atom. The summed E-state index contributed by atoms with van der Waals surface area (Å²) in [7, 11) is 3.47. The number of nitrogens with one attached hydrogen (secondary N) is 2. The van der Waals surface area contributed by atoms with Crippen LogP contribution < -0.4 is 20.1 Å². The van der Waals surface area contributed by atoms with Gasteiger partial charge in [-0.15, -0.1) is 0 Å². The second-order valence-electron chi connectivity index (χ2n) is 5.50. The first-order valence-corrected chi connectivity index (χ1v) is 8.06. The van der Waals surface area contributed by atoms with Gasteiger partial charge in [-0.05, 0) is 37.1 Å². The van der Waals surface area contributed by atoms with Crippen LogP contribution in [-0.2, 0) is 0 Å². The van der Waals surface area contributed by atoms with Gasteiger partial charge in [0, 0.05) is 13.1 Å². The maximum absolute atomic E-state index is 5.69. The molecule has 0 atom stereocenters. The highest BCUT2D eigenvalue weighted by atomic mass is 16.5. The van der Waals surface area contributed by atoms with E-state index in [1.807, 2.05) is 31.3 Å². The molecule has 0 aromatic heterocycles. The van der Waals surface area contributed by atoms with E-state index in [1.165, 1.54) is 32.1 Å². The van der Waals surface area contributed by atoms with Crippen LogP contribution >= 0.6 is 0 Å². The van der Waals surface area contributed by atoms with Gasteiger partial charge in [0.1, 0.15) is 18.1 Å². The number of rotatable bonds is 6. The Morgan fingerprint density at radius 2 is 1.82 bits per heavy atom. The van der Waals surface area contributed by atoms with Crippen molar-refractivity contribution in [2.24, 2.45) is 4.99 Å². The molecule has 122 valence electrons. The number of methoxy groups -OCH3 is 1. The molecule has 2 rings (SSSR count). The van der Waals surface area contributed by atoms with E-state index in [4.69, 9.17) is 9.47 Å². The molecule has 0 saturated heterocycles. The van der Waals surface area contributed by atoms with Gasteiger partial charge in [-0.2, -0.15) is 0 Å². The average molecular weight is 305 g/mol. The smallest absolute Gasteiger partial charge is 0.191 e. The second-order valence-corrected chi connectivity index (χ2v) is 5.50. The molecule has 0 radical (unpaired) electrons. The largest absolute Gasteiger partial charge is 0.497 e. The van der Waals surface area contributed by atoms with Crippen LogP contribution in [0, 0.1) is 0 Å². The lowest BCUT2D eigenvalue weighted by molar-refractivity contribution is 0.320. The van der Waals surface area contributed by atoms with Gasteiger partial charge in [0.05, 0.1) is 13.7 Å². The third-order valence-electron chi connectivity index (χ3n) is 3.89. The molecule has 5 nitrogen and oxygen atoms in total. The fourth-order valence-corrected chi connectivity index (χ4v) is 2.65. The monoisotopic (exact) mass is 305 g/mol. The first-order chi connectivity index (χ1) is 10.8. The van der Waals surface area contributed by atoms with E-state index >= 15 is 0 Å². The van der Waals surface area contributed by atoms with E-state index in [1.54, 1.807) is 7.11 Å². The van der Waals surface area contributed by atoms with Crippen molar-refractivity contribution in [1.29, 1.82) is 0 Å². The van der Waals surface area contributed by atoms with Crippen LogP contribution in [0.1, 0.15) is 32.1 Å². The lowest BCUT2D eigenvalue weighted by atomic mass is 9.96. The zero-order valence-corrected chi connectivity index (χ0v) is 13.6. The van der Waals surface area contributed by atoms with Crippen molar-refractivity contribution in [3.05, 3.63) is 24.3 Å². The standard InChI is InChI=1S/C17H27N3O2/c1-18-17(20-14-6-4-3-5-7-14)19-12-13-22-16-10-8-15(21-2)9-11-16/h8-11,14H,3-7,12-13H2,1-2H3,(H2,18,19,20). The summed E-state index contributed by atoms with van der Waals surface area (Å²) in [5.74, 6) is 2.55. The van der Waals surface area contributed by atoms with Gasteiger partial charge in [0.2, 0.25) is 0 Å². The summed E-state index contributed by atoms with van der Waals surface area (Å²) in [5.41, 5.74) is 0. The van der Waals surface area contributed by atoms with E-state index < -0.39 is 0 Å². The van der Waals surface area contributed by atoms with Gasteiger partial charge in [0.25, 0.3) is 0 Å². The number of aliphatic imine (C=N–C) groups is 1. The Kier molecular flexibility index (Phi) is 6.87. The van der Waals surface area contributed by atoms with Crippen LogP contribution in [0.4, 0.5) is 0 Å². The van der Waals surface area contributed by atoms with Crippen LogP contribution in [0.25, 0.3) is 0 Å². The summed E-state index contributed by atoms with van der Waals surface area (Å²) >= 11 is 0. The predicted molar refractivity (Wildman–Crippen MR) is 89.9 cm³/mol. The highest BCUT2D eigenvalue weighted by Crippen LogP contribution is 2.17. The molecular weight excluding hydrogens is 278 g/mol. The number of nitrogens with zero attached hydrogens (tertiary/aromatic N) is 1. The minimum Gasteiger partial charge on any atom is -0.497 e. The van der Waals surface area contributed by atoms with Crippen molar-refractivity contribution in [2.45, 2.75) is 38.1 Å². The Labute approximate surface area is 133 Å². The number of hydrogen-bond acceptors (Lipinski definition) is 3. The summed E-state index contributed by atoms with van der Waals surface area (Å²) in [6.07, 6.45) is 6.47. The highest BCUT2D eigenvalue weighted by Gasteiger charge is 2.14. The van der Waals surface area contributed by atoms with Crippen molar-refractivity contribution in [1.82, 2.24) is 10.6 Å². The molecule has 0 bridgehead atoms. The van der Waals surface area contributed by atoms with Gasteiger partial charge in [-0.25, -0.2) is 0 Å². The molecule has 0 spiro atoms. The topological polar surface area (TPSA) is 54.9 Å². The molecule has 0 unspecified atom stereocenters. The van der Waals surface area contributed by atoms with Crippen LogP contribution in [0.2, 0.25) is 0 Å². The Bertz CT molecular complexity index is 453. The maximum Gasteiger partial charge on any atom is 0.191 e. The lowest BCUT2D eigenvalue weighted by Gasteiger charge is -2.24. The molecule has 1 fully saturated rings. The van der Waals surface area contributed by atoms with E-state index in [0.717, 1.165) is 24.0 Å². The van der Waals surface area contributed by atoms with Gasteiger partial charge in [0.15, 0.2) is 5.96 Å². The van der Waals surface area contributed by atoms with E-state index in [9.17, 15) is 0 Å². The fraction of sp³-hybridized carbons (Fsp3) is 0.588. The first-order valence-electron chi connectivity index (χ1n) is 8.06. The number of hydrogen-bond donors (Lipinski definition) is 2. The molecule has 0 aliphatic heterocycles. The fourth-order valence-electron chi connectivity index (χ4n) is 2.65. The lowest BCUT2D eigenvalue weighted by Crippen LogP contribution is -2.45. The Balaban J connectivity index is 1.65. The molecule has 1 aromatic rings. The van der Waals surface area contributed by atoms with Gasteiger partial charge < -0.3 is 20.1 Å². The van der Waals surface area contributed by atoms with Crippen molar-refractivity contribution in [3.63, 3.8) is 0 Å². The Morgan fingerprint density at radius 1 is 1.14 bits per heavy atom. The normalized spacial score (nSPS) is 16.2. The van der Waals surface area contributed by atoms with Crippen LogP contribution in [0.5, 0.6) is 11.5 Å². The molecule has 1 aromatic carbocycles. The van der Waals surface area contributed by atoms with Crippen molar-refractivity contribution < 1.29 is 9.47 Å². The molecule has 0 amide bonds. The predicted octanol–water partition coefficient (Wildman–Crippen LogP) is 2.57. The summed E-state index contributed by atoms with van der Waals surface area (Å²) in [6, 6.07) is 8.17. The van der Waals surface area contributed by atoms with E-state index in [0.29, 0.717) is 12.6 Å². The van der Waals surface area contributed by atoms with E-state index in [2.05, 4.69) is 15.6 Å². The number of guanidine groups is 1. The summed E-state index contributed by atoms with van der Waals surface area (Å²) in [6.45, 7) is 1.32. The third kappa shape index (κ3) is 5.47. The molecule has 22 heavy (non-hydrogen) atoms. The molecule has 5 heteroatoms. The van der Waals surface area contributed by atoms with Crippen molar-refractivity contribution in [3.8, 4) is 11.5 Å². The second kappa shape index (κ2) is 9.18. The molecule has 1 aliphatic rings. The van der Waals surface area contributed by atoms with Crippen LogP contribution in [0.3, 0.4) is 0 Å². The zero-order chi connectivity index (χ0) is 15.6. The SMILES string of the molecule is CN=C(NCCOc1ccc(OC)cc1)NC1CCCCC1. The maximum atomic E-state index is 5.69. The van der Waals surface area contributed by atoms with Crippen molar-refractivity contribution in [2.75, 3.05) is 27.3 Å². The quantitative estimate of drug-likeness (QED) is 0.482. The highest BCUT2D eigenvalue weighted by molar-refractivity contribution is 5.79. The van der Waals surface area contributed by atoms with E-state index in [-0.39, 0.29) is 0 Å². The van der Waals surface area contributed by atoms with Crippen LogP contribution in [0.15, 0.2) is 29.3 Å². The molecule has 0 heterocycles. The summed E-state index contributed by atoms with van der Waals surface area (Å²) in [5, 5.41) is 6.78. The molecule has 2 N–H and O–H groups in total. The van der Waals surface area contributed by atoms with Gasteiger partial charge in [-0.3, -0.25) is 4.99 Å².